The van der Waals surface area contributed by atoms with Crippen LogP contribution < -0.4 is 4.72 Å². The molecule has 1 atom stereocenters. The molecule has 0 spiro atoms. The van der Waals surface area contributed by atoms with Crippen LogP contribution in [-0.4, -0.2) is 8.42 Å². The van der Waals surface area contributed by atoms with Crippen molar-refractivity contribution in [2.75, 3.05) is 0 Å². The Labute approximate surface area is 207 Å². The molecule has 0 aliphatic rings. The van der Waals surface area contributed by atoms with E-state index in [4.69, 9.17) is 0 Å². The van der Waals surface area contributed by atoms with Crippen LogP contribution in [0.2, 0.25) is 0 Å². The van der Waals surface area contributed by atoms with E-state index in [1.54, 1.807) is 30.3 Å². The predicted molar refractivity (Wildman–Crippen MR) is 140 cm³/mol. The van der Waals surface area contributed by atoms with Gasteiger partial charge in [0.25, 0.3) is 0 Å². The van der Waals surface area contributed by atoms with Crippen molar-refractivity contribution in [3.05, 3.63) is 143 Å². The quantitative estimate of drug-likeness (QED) is 0.315. The molecule has 0 aliphatic heterocycles. The molecule has 0 saturated heterocycles. The highest BCUT2D eigenvalue weighted by Gasteiger charge is 2.28. The van der Waals surface area contributed by atoms with Crippen molar-refractivity contribution in [1.29, 1.82) is 5.26 Å². The van der Waals surface area contributed by atoms with Gasteiger partial charge in [0, 0.05) is 5.57 Å². The Kier molecular flexibility index (Phi) is 7.26. The van der Waals surface area contributed by atoms with Gasteiger partial charge in [0.2, 0.25) is 10.0 Å². The summed E-state index contributed by atoms with van der Waals surface area (Å²) in [6.07, 6.45) is 0. The van der Waals surface area contributed by atoms with Crippen LogP contribution in [0.15, 0.2) is 120 Å². The minimum absolute atomic E-state index is 0.145. The van der Waals surface area contributed by atoms with E-state index in [1.807, 2.05) is 92.7 Å². The molecule has 4 nitrogen and oxygen atoms in total. The molecule has 0 radical (unpaired) electrons. The molecule has 0 heterocycles. The molecule has 0 aliphatic carbocycles. The SMILES string of the molecule is Cc1ccc(C(NS(=O)(=O)c2ccccc2)C(C#N)=C(c2ccccc2)c2ccccc2)cc1C. The van der Waals surface area contributed by atoms with Gasteiger partial charge >= 0.3 is 0 Å². The van der Waals surface area contributed by atoms with Crippen LogP contribution >= 0.6 is 0 Å². The van der Waals surface area contributed by atoms with E-state index >= 15 is 0 Å². The van der Waals surface area contributed by atoms with E-state index in [2.05, 4.69) is 10.8 Å². The Bertz CT molecular complexity index is 1450. The number of nitriles is 1. The van der Waals surface area contributed by atoms with Gasteiger partial charge in [-0.25, -0.2) is 8.42 Å². The van der Waals surface area contributed by atoms with Crippen molar-refractivity contribution in [3.63, 3.8) is 0 Å². The molecule has 4 rings (SSSR count). The number of sulfonamides is 1. The highest BCUT2D eigenvalue weighted by molar-refractivity contribution is 7.89. The number of benzene rings is 4. The minimum atomic E-state index is -3.92. The van der Waals surface area contributed by atoms with Gasteiger partial charge in [-0.15, -0.1) is 0 Å². The normalized spacial score (nSPS) is 11.9. The van der Waals surface area contributed by atoms with E-state index in [-0.39, 0.29) is 4.90 Å². The summed E-state index contributed by atoms with van der Waals surface area (Å²) >= 11 is 0. The average molecular weight is 479 g/mol. The van der Waals surface area contributed by atoms with Gasteiger partial charge in [0.15, 0.2) is 0 Å². The lowest BCUT2D eigenvalue weighted by molar-refractivity contribution is 0.572. The number of hydrogen-bond donors (Lipinski definition) is 1. The van der Waals surface area contributed by atoms with Gasteiger partial charge in [0.1, 0.15) is 0 Å². The van der Waals surface area contributed by atoms with Crippen molar-refractivity contribution < 1.29 is 8.42 Å². The molecule has 0 amide bonds. The number of aryl methyl sites for hydroxylation is 2. The summed E-state index contributed by atoms with van der Waals surface area (Å²) in [5.41, 5.74) is 5.49. The van der Waals surface area contributed by atoms with Crippen LogP contribution in [-0.2, 0) is 10.0 Å². The topological polar surface area (TPSA) is 70.0 Å². The third-order valence-electron chi connectivity index (χ3n) is 5.99. The molecule has 0 fully saturated rings. The van der Waals surface area contributed by atoms with Crippen molar-refractivity contribution in [1.82, 2.24) is 4.72 Å². The summed E-state index contributed by atoms with van der Waals surface area (Å²) < 4.78 is 29.7. The first-order valence-electron chi connectivity index (χ1n) is 11.3. The zero-order chi connectivity index (χ0) is 24.8. The Hall–Kier alpha value is -3.98. The lowest BCUT2D eigenvalue weighted by atomic mass is 9.87. The van der Waals surface area contributed by atoms with E-state index in [0.29, 0.717) is 16.7 Å². The second-order valence-corrected chi connectivity index (χ2v) is 10.1. The number of nitrogens with one attached hydrogen (secondary N) is 1. The molecule has 1 N–H and O–H groups in total. The molecule has 4 aromatic rings. The zero-order valence-corrected chi connectivity index (χ0v) is 20.5. The molecule has 0 bridgehead atoms. The summed E-state index contributed by atoms with van der Waals surface area (Å²) in [4.78, 5) is 0.145. The molecule has 4 aromatic carbocycles. The summed E-state index contributed by atoms with van der Waals surface area (Å²) in [5.74, 6) is 0. The smallest absolute Gasteiger partial charge is 0.207 e. The fourth-order valence-electron chi connectivity index (χ4n) is 4.01. The fourth-order valence-corrected chi connectivity index (χ4v) is 5.23. The minimum Gasteiger partial charge on any atom is -0.207 e. The summed E-state index contributed by atoms with van der Waals surface area (Å²) in [6, 6.07) is 34.7. The number of nitrogens with zero attached hydrogens (tertiary/aromatic N) is 1. The second kappa shape index (κ2) is 10.5. The predicted octanol–water partition coefficient (Wildman–Crippen LogP) is 6.35. The molecular weight excluding hydrogens is 452 g/mol. The van der Waals surface area contributed by atoms with Crippen LogP contribution in [0.1, 0.15) is 33.9 Å². The Morgan fingerprint density at radius 3 is 1.74 bits per heavy atom. The maximum absolute atomic E-state index is 13.4. The standard InChI is InChI=1S/C30H26N2O2S/c1-22-18-19-26(20-23(22)2)30(32-35(33,34)27-16-10-5-11-17-27)28(21-31)29(24-12-6-3-7-13-24)25-14-8-4-9-15-25/h3-20,30,32H,1-2H3. The summed E-state index contributed by atoms with van der Waals surface area (Å²) in [7, 11) is -3.92. The first-order chi connectivity index (χ1) is 16.9. The van der Waals surface area contributed by atoms with E-state index in [0.717, 1.165) is 22.3 Å². The van der Waals surface area contributed by atoms with Crippen LogP contribution in [0.3, 0.4) is 0 Å². The molecule has 5 heteroatoms. The van der Waals surface area contributed by atoms with Gasteiger partial charge in [-0.05, 0) is 53.8 Å². The number of hydrogen-bond acceptors (Lipinski definition) is 3. The zero-order valence-electron chi connectivity index (χ0n) is 19.6. The van der Waals surface area contributed by atoms with Gasteiger partial charge in [-0.2, -0.15) is 9.98 Å². The first-order valence-corrected chi connectivity index (χ1v) is 12.8. The summed E-state index contributed by atoms with van der Waals surface area (Å²) in [5, 5.41) is 10.5. The Balaban J connectivity index is 1.99. The molecule has 0 aromatic heterocycles. The molecule has 174 valence electrons. The Morgan fingerprint density at radius 1 is 0.743 bits per heavy atom. The molecule has 0 saturated carbocycles. The van der Waals surface area contributed by atoms with Crippen LogP contribution in [0, 0.1) is 25.2 Å². The molecule has 35 heavy (non-hydrogen) atoms. The molecular formula is C30H26N2O2S. The third kappa shape index (κ3) is 5.41. The van der Waals surface area contributed by atoms with E-state index in [1.165, 1.54) is 0 Å². The largest absolute Gasteiger partial charge is 0.241 e. The molecule has 1 unspecified atom stereocenters. The highest BCUT2D eigenvalue weighted by atomic mass is 32.2. The van der Waals surface area contributed by atoms with Gasteiger partial charge < -0.3 is 0 Å². The van der Waals surface area contributed by atoms with Crippen molar-refractivity contribution in [3.8, 4) is 6.07 Å². The fraction of sp³-hybridized carbons (Fsp3) is 0.100. The van der Waals surface area contributed by atoms with Gasteiger partial charge in [-0.1, -0.05) is 97.1 Å². The maximum atomic E-state index is 13.4. The maximum Gasteiger partial charge on any atom is 0.241 e. The van der Waals surface area contributed by atoms with Crippen molar-refractivity contribution >= 4 is 15.6 Å². The first kappa shape index (κ1) is 24.2. The second-order valence-electron chi connectivity index (χ2n) is 8.34. The van der Waals surface area contributed by atoms with Crippen LogP contribution in [0.5, 0.6) is 0 Å². The van der Waals surface area contributed by atoms with E-state index < -0.39 is 16.1 Å². The number of rotatable bonds is 7. The van der Waals surface area contributed by atoms with Crippen LogP contribution in [0.25, 0.3) is 5.57 Å². The highest BCUT2D eigenvalue weighted by Crippen LogP contribution is 2.35. The van der Waals surface area contributed by atoms with Gasteiger partial charge in [0.05, 0.1) is 22.6 Å². The lowest BCUT2D eigenvalue weighted by Crippen LogP contribution is -2.30. The van der Waals surface area contributed by atoms with Crippen molar-refractivity contribution in [2.24, 2.45) is 0 Å². The van der Waals surface area contributed by atoms with Gasteiger partial charge in [-0.3, -0.25) is 0 Å². The van der Waals surface area contributed by atoms with E-state index in [9.17, 15) is 13.7 Å². The van der Waals surface area contributed by atoms with Crippen molar-refractivity contribution in [2.45, 2.75) is 24.8 Å². The third-order valence-corrected chi connectivity index (χ3v) is 7.43. The Morgan fingerprint density at radius 2 is 1.26 bits per heavy atom. The lowest BCUT2D eigenvalue weighted by Gasteiger charge is -2.23. The van der Waals surface area contributed by atoms with Crippen LogP contribution in [0.4, 0.5) is 0 Å². The monoisotopic (exact) mass is 478 g/mol. The average Bonchev–Trinajstić information content (AvgIpc) is 2.89. The summed E-state index contributed by atoms with van der Waals surface area (Å²) in [6.45, 7) is 3.98.